The predicted octanol–water partition coefficient (Wildman–Crippen LogP) is 3.94. The molecule has 2 N–H and O–H groups in total. The maximum atomic E-state index is 11.8. The van der Waals surface area contributed by atoms with Crippen LogP contribution in [-0.4, -0.2) is 28.6 Å². The molecule has 1 aromatic carbocycles. The van der Waals surface area contributed by atoms with Gasteiger partial charge in [0.25, 0.3) is 5.56 Å². The Morgan fingerprint density at radius 2 is 2.03 bits per heavy atom. The lowest BCUT2D eigenvalue weighted by atomic mass is 9.64. The molecule has 2 heterocycles. The SMILES string of the molecule is CCc1cc(=O)[nH]c(-c2ccc(NCC3(c4ccccc4OC)CCC3)nc2)n1. The summed E-state index contributed by atoms with van der Waals surface area (Å²) in [6.07, 6.45) is 5.95. The standard InChI is InChI=1S/C23H26N4O2/c1-3-17-13-21(28)27-22(26-17)16-9-10-20(24-14-16)25-15-23(11-6-12-23)18-7-4-5-8-19(18)29-2/h4-5,7-10,13-14H,3,6,11-12,15H2,1-2H3,(H,24,25)(H,26,27,28). The summed E-state index contributed by atoms with van der Waals surface area (Å²) in [7, 11) is 1.73. The van der Waals surface area contributed by atoms with Crippen LogP contribution in [0.2, 0.25) is 0 Å². The van der Waals surface area contributed by atoms with Gasteiger partial charge in [0, 0.05) is 41.0 Å². The number of ether oxygens (including phenoxy) is 1. The number of aromatic amines is 1. The number of methoxy groups -OCH3 is 1. The number of hydrogen-bond donors (Lipinski definition) is 2. The number of para-hydroxylation sites is 1. The number of aromatic nitrogens is 3. The Balaban J connectivity index is 1.51. The van der Waals surface area contributed by atoms with Crippen LogP contribution in [0.3, 0.4) is 0 Å². The molecule has 1 saturated carbocycles. The van der Waals surface area contributed by atoms with Crippen molar-refractivity contribution in [3.63, 3.8) is 0 Å². The molecule has 0 unspecified atom stereocenters. The molecule has 0 radical (unpaired) electrons. The third kappa shape index (κ3) is 3.88. The van der Waals surface area contributed by atoms with Crippen molar-refractivity contribution in [1.82, 2.24) is 15.0 Å². The number of benzene rings is 1. The van der Waals surface area contributed by atoms with E-state index in [1.165, 1.54) is 18.1 Å². The monoisotopic (exact) mass is 390 g/mol. The van der Waals surface area contributed by atoms with Crippen LogP contribution in [0.5, 0.6) is 5.75 Å². The Morgan fingerprint density at radius 1 is 1.21 bits per heavy atom. The van der Waals surface area contributed by atoms with E-state index in [0.717, 1.165) is 48.6 Å². The molecule has 4 rings (SSSR count). The largest absolute Gasteiger partial charge is 0.496 e. The zero-order valence-corrected chi connectivity index (χ0v) is 16.9. The molecule has 0 bridgehead atoms. The lowest BCUT2D eigenvalue weighted by Crippen LogP contribution is -2.41. The number of pyridine rings is 1. The summed E-state index contributed by atoms with van der Waals surface area (Å²) in [6.45, 7) is 2.79. The molecule has 3 aromatic rings. The second-order valence-corrected chi connectivity index (χ2v) is 7.56. The minimum Gasteiger partial charge on any atom is -0.496 e. The Kier molecular flexibility index (Phi) is 5.34. The zero-order valence-electron chi connectivity index (χ0n) is 16.9. The molecule has 6 heteroatoms. The maximum Gasteiger partial charge on any atom is 0.251 e. The number of H-pyrrole nitrogens is 1. The molecule has 0 saturated heterocycles. The van der Waals surface area contributed by atoms with Crippen LogP contribution in [0.25, 0.3) is 11.4 Å². The lowest BCUT2D eigenvalue weighted by molar-refractivity contribution is 0.250. The molecule has 150 valence electrons. The number of hydrogen-bond acceptors (Lipinski definition) is 5. The first-order valence-corrected chi connectivity index (χ1v) is 10.1. The predicted molar refractivity (Wildman–Crippen MR) is 114 cm³/mol. The normalized spacial score (nSPS) is 14.8. The summed E-state index contributed by atoms with van der Waals surface area (Å²) in [4.78, 5) is 23.6. The molecule has 0 atom stereocenters. The molecule has 2 aromatic heterocycles. The molecular formula is C23H26N4O2. The van der Waals surface area contributed by atoms with Crippen molar-refractivity contribution in [3.05, 3.63) is 70.3 Å². The van der Waals surface area contributed by atoms with E-state index in [9.17, 15) is 4.79 Å². The second-order valence-electron chi connectivity index (χ2n) is 7.56. The third-order valence-corrected chi connectivity index (χ3v) is 5.79. The average molecular weight is 390 g/mol. The molecule has 1 aliphatic rings. The molecular weight excluding hydrogens is 364 g/mol. The van der Waals surface area contributed by atoms with Crippen LogP contribution < -0.4 is 15.6 Å². The highest BCUT2D eigenvalue weighted by Crippen LogP contribution is 2.47. The topological polar surface area (TPSA) is 79.9 Å². The van der Waals surface area contributed by atoms with E-state index in [1.54, 1.807) is 13.3 Å². The first-order chi connectivity index (χ1) is 14.1. The molecule has 6 nitrogen and oxygen atoms in total. The highest BCUT2D eigenvalue weighted by atomic mass is 16.5. The van der Waals surface area contributed by atoms with E-state index in [-0.39, 0.29) is 11.0 Å². The van der Waals surface area contributed by atoms with Gasteiger partial charge >= 0.3 is 0 Å². The van der Waals surface area contributed by atoms with Gasteiger partial charge in [-0.05, 0) is 37.5 Å². The fourth-order valence-corrected chi connectivity index (χ4v) is 3.95. The van der Waals surface area contributed by atoms with E-state index < -0.39 is 0 Å². The van der Waals surface area contributed by atoms with Crippen molar-refractivity contribution < 1.29 is 4.74 Å². The van der Waals surface area contributed by atoms with Gasteiger partial charge in [0.1, 0.15) is 17.4 Å². The number of aryl methyl sites for hydroxylation is 1. The summed E-state index contributed by atoms with van der Waals surface area (Å²) in [5, 5.41) is 3.49. The van der Waals surface area contributed by atoms with Gasteiger partial charge in [-0.1, -0.05) is 31.5 Å². The van der Waals surface area contributed by atoms with Crippen molar-refractivity contribution >= 4 is 5.82 Å². The molecule has 1 fully saturated rings. The first kappa shape index (κ1) is 19.2. The van der Waals surface area contributed by atoms with Crippen molar-refractivity contribution in [2.75, 3.05) is 19.0 Å². The summed E-state index contributed by atoms with van der Waals surface area (Å²) < 4.78 is 5.59. The van der Waals surface area contributed by atoms with Gasteiger partial charge in [-0.2, -0.15) is 0 Å². The smallest absolute Gasteiger partial charge is 0.251 e. The highest BCUT2D eigenvalue weighted by molar-refractivity contribution is 5.56. The highest BCUT2D eigenvalue weighted by Gasteiger charge is 2.40. The van der Waals surface area contributed by atoms with Gasteiger partial charge in [-0.15, -0.1) is 0 Å². The van der Waals surface area contributed by atoms with Gasteiger partial charge in [0.05, 0.1) is 7.11 Å². The van der Waals surface area contributed by atoms with Crippen LogP contribution in [0, 0.1) is 0 Å². The second kappa shape index (κ2) is 8.07. The minimum atomic E-state index is -0.141. The molecule has 0 spiro atoms. The van der Waals surface area contributed by atoms with Crippen LogP contribution in [0.1, 0.15) is 37.4 Å². The van der Waals surface area contributed by atoms with Crippen LogP contribution in [0.15, 0.2) is 53.5 Å². The molecule has 1 aliphatic carbocycles. The quantitative estimate of drug-likeness (QED) is 0.639. The third-order valence-electron chi connectivity index (χ3n) is 5.79. The van der Waals surface area contributed by atoms with E-state index in [2.05, 4.69) is 32.4 Å². The van der Waals surface area contributed by atoms with Gasteiger partial charge in [0.15, 0.2) is 0 Å². The summed E-state index contributed by atoms with van der Waals surface area (Å²) in [5.41, 5.74) is 2.77. The Morgan fingerprint density at radius 3 is 2.69 bits per heavy atom. The number of anilines is 1. The Labute approximate surface area is 170 Å². The van der Waals surface area contributed by atoms with E-state index in [4.69, 9.17) is 4.74 Å². The van der Waals surface area contributed by atoms with E-state index >= 15 is 0 Å². The number of nitrogens with one attached hydrogen (secondary N) is 2. The van der Waals surface area contributed by atoms with Crippen molar-refractivity contribution in [2.24, 2.45) is 0 Å². The summed E-state index contributed by atoms with van der Waals surface area (Å²) in [6, 6.07) is 13.7. The van der Waals surface area contributed by atoms with Gasteiger partial charge in [-0.3, -0.25) is 4.79 Å². The van der Waals surface area contributed by atoms with Crippen LogP contribution >= 0.6 is 0 Å². The van der Waals surface area contributed by atoms with Crippen LogP contribution in [-0.2, 0) is 11.8 Å². The van der Waals surface area contributed by atoms with Crippen molar-refractivity contribution in [1.29, 1.82) is 0 Å². The van der Waals surface area contributed by atoms with Gasteiger partial charge in [0.2, 0.25) is 0 Å². The molecule has 29 heavy (non-hydrogen) atoms. The number of rotatable bonds is 7. The summed E-state index contributed by atoms with van der Waals surface area (Å²) in [5.74, 6) is 2.31. The van der Waals surface area contributed by atoms with E-state index in [0.29, 0.717) is 5.82 Å². The fraction of sp³-hybridized carbons (Fsp3) is 0.348. The van der Waals surface area contributed by atoms with Crippen LogP contribution in [0.4, 0.5) is 5.82 Å². The molecule has 0 aliphatic heterocycles. The van der Waals surface area contributed by atoms with Crippen molar-refractivity contribution in [2.45, 2.75) is 38.0 Å². The fourth-order valence-electron chi connectivity index (χ4n) is 3.95. The van der Waals surface area contributed by atoms with E-state index in [1.807, 2.05) is 31.2 Å². The van der Waals surface area contributed by atoms with Gasteiger partial charge in [-0.25, -0.2) is 9.97 Å². The Hall–Kier alpha value is -3.15. The number of nitrogens with zero attached hydrogens (tertiary/aromatic N) is 2. The first-order valence-electron chi connectivity index (χ1n) is 10.1. The lowest BCUT2D eigenvalue weighted by Gasteiger charge is -2.43. The Bertz CT molecular complexity index is 1040. The minimum absolute atomic E-state index is 0.0786. The molecule has 0 amide bonds. The van der Waals surface area contributed by atoms with Crippen molar-refractivity contribution in [3.8, 4) is 17.1 Å². The zero-order chi connectivity index (χ0) is 20.3. The van der Waals surface area contributed by atoms with Gasteiger partial charge < -0.3 is 15.0 Å². The average Bonchev–Trinajstić information content (AvgIpc) is 2.73. The maximum absolute atomic E-state index is 11.8. The summed E-state index contributed by atoms with van der Waals surface area (Å²) >= 11 is 0.